The summed E-state index contributed by atoms with van der Waals surface area (Å²) in [6.07, 6.45) is 0. The summed E-state index contributed by atoms with van der Waals surface area (Å²) in [6, 6.07) is 7.04. The van der Waals surface area contributed by atoms with Crippen molar-refractivity contribution in [1.29, 1.82) is 0 Å². The van der Waals surface area contributed by atoms with Crippen molar-refractivity contribution in [3.8, 4) is 0 Å². The zero-order valence-electron chi connectivity index (χ0n) is 12.9. The number of rotatable bonds is 3. The number of allylic oxidation sites excluding steroid dienone is 3. The predicted octanol–water partition coefficient (Wildman–Crippen LogP) is 3.76. The molecule has 2 rings (SSSR count). The van der Waals surface area contributed by atoms with Gasteiger partial charge in [0.1, 0.15) is 11.5 Å². The molecule has 1 aromatic rings. The highest BCUT2D eigenvalue weighted by Gasteiger charge is 2.36. The van der Waals surface area contributed by atoms with Gasteiger partial charge >= 0.3 is 5.97 Å². The van der Waals surface area contributed by atoms with Crippen LogP contribution in [0.1, 0.15) is 32.3 Å². The number of carbonyl (C=O) groups is 2. The number of halogens is 1. The summed E-state index contributed by atoms with van der Waals surface area (Å²) in [7, 11) is 1.31. The number of Topliss-reactive ketones (excluding diaryl/α,β-unsaturated/α-hetero) is 1. The van der Waals surface area contributed by atoms with Gasteiger partial charge in [0.15, 0.2) is 5.78 Å². The Hall–Kier alpha value is -2.07. The number of ketones is 1. The molecule has 1 heterocycles. The highest BCUT2D eigenvalue weighted by molar-refractivity contribution is 6.30. The minimum Gasteiger partial charge on any atom is -0.466 e. The topological polar surface area (TPSA) is 52.6 Å². The van der Waals surface area contributed by atoms with Gasteiger partial charge in [-0.3, -0.25) is 4.79 Å². The van der Waals surface area contributed by atoms with Crippen molar-refractivity contribution in [3.05, 3.63) is 57.5 Å². The molecule has 1 aliphatic rings. The fraction of sp³-hybridized carbons (Fsp3) is 0.294. The van der Waals surface area contributed by atoms with Crippen LogP contribution < -0.4 is 0 Å². The Balaban J connectivity index is 2.66. The van der Waals surface area contributed by atoms with Crippen LogP contribution in [-0.4, -0.2) is 18.9 Å². The molecule has 1 aliphatic heterocycles. The van der Waals surface area contributed by atoms with E-state index < -0.39 is 11.9 Å². The van der Waals surface area contributed by atoms with Crippen LogP contribution in [0.4, 0.5) is 0 Å². The van der Waals surface area contributed by atoms with Crippen LogP contribution in [0.15, 0.2) is 46.9 Å². The van der Waals surface area contributed by atoms with Crippen molar-refractivity contribution in [1.82, 2.24) is 0 Å². The van der Waals surface area contributed by atoms with Gasteiger partial charge in [-0.25, -0.2) is 4.79 Å². The van der Waals surface area contributed by atoms with Crippen LogP contribution in [0.5, 0.6) is 0 Å². The molecule has 5 heteroatoms. The van der Waals surface area contributed by atoms with Gasteiger partial charge in [-0.05, 0) is 38.5 Å². The molecule has 0 aromatic heterocycles. The summed E-state index contributed by atoms with van der Waals surface area (Å²) in [5, 5.41) is 0.584. The normalized spacial score (nSPS) is 18.1. The average Bonchev–Trinajstić information content (AvgIpc) is 2.46. The van der Waals surface area contributed by atoms with E-state index in [1.807, 2.05) is 0 Å². The minimum absolute atomic E-state index is 0.147. The third kappa shape index (κ3) is 2.92. The Morgan fingerprint density at radius 2 is 1.64 bits per heavy atom. The lowest BCUT2D eigenvalue weighted by molar-refractivity contribution is -0.136. The van der Waals surface area contributed by atoms with Gasteiger partial charge in [-0.15, -0.1) is 0 Å². The third-order valence-corrected chi connectivity index (χ3v) is 3.88. The number of carbonyl (C=O) groups excluding carboxylic acids is 2. The number of hydrogen-bond acceptors (Lipinski definition) is 4. The summed E-state index contributed by atoms with van der Waals surface area (Å²) >= 11 is 5.93. The quantitative estimate of drug-likeness (QED) is 0.796. The Morgan fingerprint density at radius 1 is 1.09 bits per heavy atom. The number of hydrogen-bond donors (Lipinski definition) is 0. The lowest BCUT2D eigenvalue weighted by Crippen LogP contribution is -2.25. The maximum atomic E-state index is 12.2. The Labute approximate surface area is 134 Å². The first-order valence-corrected chi connectivity index (χ1v) is 7.18. The van der Waals surface area contributed by atoms with Crippen LogP contribution >= 0.6 is 11.6 Å². The van der Waals surface area contributed by atoms with Gasteiger partial charge in [-0.2, -0.15) is 0 Å². The minimum atomic E-state index is -0.518. The summed E-state index contributed by atoms with van der Waals surface area (Å²) in [5.74, 6) is -0.238. The van der Waals surface area contributed by atoms with E-state index in [1.54, 1.807) is 38.1 Å². The van der Waals surface area contributed by atoms with Crippen molar-refractivity contribution < 1.29 is 19.1 Å². The van der Waals surface area contributed by atoms with Gasteiger partial charge in [0.05, 0.1) is 18.6 Å². The maximum Gasteiger partial charge on any atom is 0.338 e. The van der Waals surface area contributed by atoms with Crippen molar-refractivity contribution in [2.24, 2.45) is 0 Å². The van der Waals surface area contributed by atoms with Crippen molar-refractivity contribution in [3.63, 3.8) is 0 Å². The largest absolute Gasteiger partial charge is 0.466 e. The van der Waals surface area contributed by atoms with Gasteiger partial charge in [-0.1, -0.05) is 23.7 Å². The molecule has 0 bridgehead atoms. The van der Waals surface area contributed by atoms with E-state index in [-0.39, 0.29) is 5.78 Å². The first-order valence-electron chi connectivity index (χ1n) is 6.81. The number of benzene rings is 1. The number of methoxy groups -OCH3 is 1. The smallest absolute Gasteiger partial charge is 0.338 e. The van der Waals surface area contributed by atoms with Crippen LogP contribution in [0.2, 0.25) is 5.02 Å². The molecule has 0 N–H and O–H groups in total. The first-order chi connectivity index (χ1) is 10.4. The van der Waals surface area contributed by atoms with Crippen LogP contribution in [0.3, 0.4) is 0 Å². The second-order valence-electron chi connectivity index (χ2n) is 5.07. The Bertz CT molecular complexity index is 683. The molecule has 1 atom stereocenters. The maximum absolute atomic E-state index is 12.2. The molecule has 0 radical (unpaired) electrons. The zero-order chi connectivity index (χ0) is 16.4. The van der Waals surface area contributed by atoms with E-state index in [9.17, 15) is 9.59 Å². The molecule has 0 saturated carbocycles. The SMILES string of the molecule is COC(=O)C1=C(C)OC(C)=C(C(C)=O)[C@@H]1c1ccc(Cl)cc1. The van der Waals surface area contributed by atoms with E-state index in [1.165, 1.54) is 14.0 Å². The molecule has 4 nitrogen and oxygen atoms in total. The molecule has 0 spiro atoms. The second-order valence-corrected chi connectivity index (χ2v) is 5.51. The van der Waals surface area contributed by atoms with Gasteiger partial charge in [0, 0.05) is 10.6 Å². The average molecular weight is 321 g/mol. The van der Waals surface area contributed by atoms with Crippen molar-refractivity contribution in [2.75, 3.05) is 7.11 Å². The van der Waals surface area contributed by atoms with Crippen molar-refractivity contribution >= 4 is 23.4 Å². The van der Waals surface area contributed by atoms with Crippen LogP contribution in [0, 0.1) is 0 Å². The molecular weight excluding hydrogens is 304 g/mol. The summed E-state index contributed by atoms with van der Waals surface area (Å²) in [6.45, 7) is 4.87. The summed E-state index contributed by atoms with van der Waals surface area (Å²) in [5.41, 5.74) is 1.57. The van der Waals surface area contributed by atoms with E-state index in [4.69, 9.17) is 21.1 Å². The molecular formula is C17H17ClO4. The van der Waals surface area contributed by atoms with Gasteiger partial charge in [0.25, 0.3) is 0 Å². The van der Waals surface area contributed by atoms with E-state index in [2.05, 4.69) is 0 Å². The molecule has 0 fully saturated rings. The molecule has 22 heavy (non-hydrogen) atoms. The Morgan fingerprint density at radius 3 is 2.14 bits per heavy atom. The van der Waals surface area contributed by atoms with Gasteiger partial charge in [0.2, 0.25) is 0 Å². The first kappa shape index (κ1) is 16.3. The number of esters is 1. The lowest BCUT2D eigenvalue weighted by atomic mass is 9.80. The number of ether oxygens (including phenoxy) is 2. The van der Waals surface area contributed by atoms with Crippen LogP contribution in [0.25, 0.3) is 0 Å². The molecule has 0 amide bonds. The summed E-state index contributed by atoms with van der Waals surface area (Å²) < 4.78 is 10.4. The van der Waals surface area contributed by atoms with E-state index in [0.29, 0.717) is 27.7 Å². The van der Waals surface area contributed by atoms with E-state index in [0.717, 1.165) is 5.56 Å². The molecule has 0 saturated heterocycles. The lowest BCUT2D eigenvalue weighted by Gasteiger charge is -2.29. The highest BCUT2D eigenvalue weighted by Crippen LogP contribution is 2.41. The molecule has 116 valence electrons. The predicted molar refractivity (Wildman–Crippen MR) is 83.4 cm³/mol. The van der Waals surface area contributed by atoms with Crippen LogP contribution in [-0.2, 0) is 19.1 Å². The standard InChI is InChI=1S/C17H17ClO4/c1-9(19)14-10(2)22-11(3)15(17(20)21-4)16(14)12-5-7-13(18)8-6-12/h5-8,16H,1-4H3/t16-/m0/s1. The monoisotopic (exact) mass is 320 g/mol. The molecule has 1 aromatic carbocycles. The summed E-state index contributed by atoms with van der Waals surface area (Å²) in [4.78, 5) is 24.3. The van der Waals surface area contributed by atoms with Gasteiger partial charge < -0.3 is 9.47 Å². The molecule has 0 aliphatic carbocycles. The third-order valence-electron chi connectivity index (χ3n) is 3.63. The Kier molecular flexibility index (Phi) is 4.71. The molecule has 0 unspecified atom stereocenters. The second kappa shape index (κ2) is 6.36. The highest BCUT2D eigenvalue weighted by atomic mass is 35.5. The fourth-order valence-corrected chi connectivity index (χ4v) is 2.83. The fourth-order valence-electron chi connectivity index (χ4n) is 2.70. The zero-order valence-corrected chi connectivity index (χ0v) is 13.7. The van der Waals surface area contributed by atoms with Crippen molar-refractivity contribution in [2.45, 2.75) is 26.7 Å². The van der Waals surface area contributed by atoms with E-state index >= 15 is 0 Å².